The lowest BCUT2D eigenvalue weighted by atomic mass is 10.1. The number of sulfone groups is 1. The van der Waals surface area contributed by atoms with E-state index in [1.165, 1.54) is 25.3 Å². The van der Waals surface area contributed by atoms with Crippen LogP contribution in [-0.2, 0) is 30.7 Å². The summed E-state index contributed by atoms with van der Waals surface area (Å²) in [5, 5.41) is 9.54. The average molecular weight is 385 g/mol. The van der Waals surface area contributed by atoms with Gasteiger partial charge in [0.15, 0.2) is 15.9 Å². The molecule has 1 amide bonds. The molecule has 0 radical (unpaired) electrons. The summed E-state index contributed by atoms with van der Waals surface area (Å²) in [6.07, 6.45) is -0.759. The number of fused-ring (bicyclic) bond motifs is 1. The van der Waals surface area contributed by atoms with Gasteiger partial charge in [-0.3, -0.25) is 4.90 Å². The first-order valence-electron chi connectivity index (χ1n) is 8.03. The topological polar surface area (TPSA) is 110 Å². The van der Waals surface area contributed by atoms with Crippen molar-refractivity contribution in [2.24, 2.45) is 0 Å². The zero-order valence-electron chi connectivity index (χ0n) is 15.2. The van der Waals surface area contributed by atoms with E-state index in [0.29, 0.717) is 11.1 Å². The predicted octanol–water partition coefficient (Wildman–Crippen LogP) is 1.98. The third-order valence-corrected chi connectivity index (χ3v) is 5.51. The van der Waals surface area contributed by atoms with Gasteiger partial charge in [-0.15, -0.1) is 0 Å². The molecule has 26 heavy (non-hydrogen) atoms. The number of ether oxygens (including phenoxy) is 2. The zero-order valence-corrected chi connectivity index (χ0v) is 16.0. The fourth-order valence-electron chi connectivity index (χ4n) is 2.69. The Balaban J connectivity index is 2.36. The van der Waals surface area contributed by atoms with Gasteiger partial charge in [0.05, 0.1) is 23.8 Å². The zero-order chi connectivity index (χ0) is 19.7. The van der Waals surface area contributed by atoms with Gasteiger partial charge in [0.1, 0.15) is 5.60 Å². The summed E-state index contributed by atoms with van der Waals surface area (Å²) < 4.78 is 34.7. The number of benzene rings is 1. The number of aliphatic carboxylic acids is 1. The number of carbonyl (C=O) groups is 2. The van der Waals surface area contributed by atoms with E-state index in [1.54, 1.807) is 20.8 Å². The molecule has 0 fully saturated rings. The van der Waals surface area contributed by atoms with Gasteiger partial charge in [0, 0.05) is 7.11 Å². The minimum absolute atomic E-state index is 0.0329. The Labute approximate surface area is 152 Å². The van der Waals surface area contributed by atoms with Gasteiger partial charge in [0.25, 0.3) is 0 Å². The molecule has 1 aliphatic heterocycles. The monoisotopic (exact) mass is 385 g/mol. The summed E-state index contributed by atoms with van der Waals surface area (Å²) in [7, 11) is -2.14. The molecule has 144 valence electrons. The number of carboxylic acids is 1. The van der Waals surface area contributed by atoms with Crippen molar-refractivity contribution in [3.63, 3.8) is 0 Å². The first kappa shape index (κ1) is 20.2. The second-order valence-corrected chi connectivity index (χ2v) is 9.13. The van der Waals surface area contributed by atoms with Gasteiger partial charge < -0.3 is 14.6 Å². The summed E-state index contributed by atoms with van der Waals surface area (Å²) in [5.41, 5.74) is 0.0830. The van der Waals surface area contributed by atoms with Gasteiger partial charge in [-0.25, -0.2) is 18.0 Å². The fraction of sp³-hybridized carbons (Fsp3) is 0.529. The molecule has 1 atom stereocenters. The minimum atomic E-state index is -3.56. The Bertz CT molecular complexity index is 811. The van der Waals surface area contributed by atoms with Crippen LogP contribution in [0, 0.1) is 0 Å². The van der Waals surface area contributed by atoms with Crippen LogP contribution < -0.4 is 0 Å². The summed E-state index contributed by atoms with van der Waals surface area (Å²) >= 11 is 0. The first-order chi connectivity index (χ1) is 12.0. The molecule has 0 aliphatic carbocycles. The van der Waals surface area contributed by atoms with Gasteiger partial charge in [-0.2, -0.15) is 0 Å². The Morgan fingerprint density at radius 2 is 1.96 bits per heavy atom. The Morgan fingerprint density at radius 3 is 2.50 bits per heavy atom. The standard InChI is InChI=1S/C17H23NO7S/c1-17(2,3)25-16(21)18-10-11-9-12(26(22,23)8-7-24-4)5-6-13(11)14(18)15(19)20/h5-6,9,14H,7-8,10H2,1-4H3,(H,19,20). The lowest BCUT2D eigenvalue weighted by Gasteiger charge is -2.27. The van der Waals surface area contributed by atoms with Crippen LogP contribution in [0.5, 0.6) is 0 Å². The van der Waals surface area contributed by atoms with Gasteiger partial charge in [0.2, 0.25) is 0 Å². The third-order valence-electron chi connectivity index (χ3n) is 3.84. The predicted molar refractivity (Wildman–Crippen MR) is 92.5 cm³/mol. The van der Waals surface area contributed by atoms with Gasteiger partial charge in [-0.05, 0) is 44.0 Å². The highest BCUT2D eigenvalue weighted by Gasteiger charge is 2.41. The van der Waals surface area contributed by atoms with E-state index in [4.69, 9.17) is 9.47 Å². The van der Waals surface area contributed by atoms with Crippen LogP contribution in [-0.4, -0.2) is 55.6 Å². The third kappa shape index (κ3) is 4.34. The van der Waals surface area contributed by atoms with Crippen molar-refractivity contribution in [1.82, 2.24) is 4.90 Å². The Kier molecular flexibility index (Phi) is 5.62. The first-order valence-corrected chi connectivity index (χ1v) is 9.68. The number of hydrogen-bond acceptors (Lipinski definition) is 6. The maximum Gasteiger partial charge on any atom is 0.411 e. The summed E-state index contributed by atoms with van der Waals surface area (Å²) in [6, 6.07) is 3.01. The number of methoxy groups -OCH3 is 1. The van der Waals surface area contributed by atoms with Crippen molar-refractivity contribution in [3.8, 4) is 0 Å². The summed E-state index contributed by atoms with van der Waals surface area (Å²) in [4.78, 5) is 25.2. The van der Waals surface area contributed by atoms with Crippen LogP contribution in [0.4, 0.5) is 4.79 Å². The normalized spacial score (nSPS) is 17.1. The highest BCUT2D eigenvalue weighted by Crippen LogP contribution is 2.36. The second-order valence-electron chi connectivity index (χ2n) is 7.02. The molecular weight excluding hydrogens is 362 g/mol. The molecule has 2 rings (SSSR count). The highest BCUT2D eigenvalue weighted by atomic mass is 32.2. The van der Waals surface area contributed by atoms with Crippen LogP contribution in [0.1, 0.15) is 37.9 Å². The van der Waals surface area contributed by atoms with Crippen molar-refractivity contribution >= 4 is 21.9 Å². The minimum Gasteiger partial charge on any atom is -0.479 e. The van der Waals surface area contributed by atoms with E-state index in [9.17, 15) is 23.1 Å². The maximum absolute atomic E-state index is 12.4. The van der Waals surface area contributed by atoms with E-state index in [0.717, 1.165) is 4.90 Å². The lowest BCUT2D eigenvalue weighted by molar-refractivity contribution is -0.143. The molecule has 0 spiro atoms. The van der Waals surface area contributed by atoms with E-state index in [2.05, 4.69) is 0 Å². The van der Waals surface area contributed by atoms with Crippen LogP contribution in [0.15, 0.2) is 23.1 Å². The Morgan fingerprint density at radius 1 is 1.31 bits per heavy atom. The largest absolute Gasteiger partial charge is 0.479 e. The van der Waals surface area contributed by atoms with E-state index >= 15 is 0 Å². The highest BCUT2D eigenvalue weighted by molar-refractivity contribution is 7.91. The molecule has 0 bridgehead atoms. The van der Waals surface area contributed by atoms with E-state index < -0.39 is 33.5 Å². The van der Waals surface area contributed by atoms with Crippen molar-refractivity contribution in [2.75, 3.05) is 19.5 Å². The van der Waals surface area contributed by atoms with Crippen molar-refractivity contribution in [2.45, 2.75) is 43.9 Å². The van der Waals surface area contributed by atoms with Crippen LogP contribution in [0.2, 0.25) is 0 Å². The smallest absolute Gasteiger partial charge is 0.411 e. The quantitative estimate of drug-likeness (QED) is 0.825. The fourth-order valence-corrected chi connectivity index (χ4v) is 3.91. The van der Waals surface area contributed by atoms with Crippen molar-refractivity contribution in [3.05, 3.63) is 29.3 Å². The molecular formula is C17H23NO7S. The molecule has 8 nitrogen and oxygen atoms in total. The van der Waals surface area contributed by atoms with Gasteiger partial charge in [-0.1, -0.05) is 6.07 Å². The lowest BCUT2D eigenvalue weighted by Crippen LogP contribution is -2.38. The van der Waals surface area contributed by atoms with Crippen LogP contribution in [0.25, 0.3) is 0 Å². The molecule has 0 aromatic heterocycles. The number of rotatable bonds is 5. The molecule has 1 heterocycles. The summed E-state index contributed by atoms with van der Waals surface area (Å²) in [6.45, 7) is 5.08. The molecule has 1 aromatic rings. The van der Waals surface area contributed by atoms with E-state index in [-0.39, 0.29) is 23.8 Å². The maximum atomic E-state index is 12.4. The number of amides is 1. The SMILES string of the molecule is COCCS(=O)(=O)c1ccc2c(c1)CN(C(=O)OC(C)(C)C)C2C(=O)O. The number of hydrogen-bond donors (Lipinski definition) is 1. The van der Waals surface area contributed by atoms with Crippen LogP contribution in [0.3, 0.4) is 0 Å². The number of carboxylic acid groups (broad SMARTS) is 1. The summed E-state index contributed by atoms with van der Waals surface area (Å²) in [5.74, 6) is -1.38. The average Bonchev–Trinajstić information content (AvgIpc) is 2.90. The molecule has 1 N–H and O–H groups in total. The molecule has 1 aromatic carbocycles. The molecule has 1 aliphatic rings. The number of carbonyl (C=O) groups excluding carboxylic acids is 1. The van der Waals surface area contributed by atoms with Crippen LogP contribution >= 0.6 is 0 Å². The van der Waals surface area contributed by atoms with Crippen molar-refractivity contribution in [1.29, 1.82) is 0 Å². The van der Waals surface area contributed by atoms with E-state index in [1.807, 2.05) is 0 Å². The molecule has 0 saturated heterocycles. The molecule has 1 unspecified atom stereocenters. The second kappa shape index (κ2) is 7.24. The van der Waals surface area contributed by atoms with Crippen molar-refractivity contribution < 1.29 is 32.6 Å². The Hall–Kier alpha value is -2.13. The number of nitrogens with zero attached hydrogens (tertiary/aromatic N) is 1. The van der Waals surface area contributed by atoms with Gasteiger partial charge >= 0.3 is 12.1 Å². The molecule has 0 saturated carbocycles. The molecule has 9 heteroatoms.